The average Bonchev–Trinajstić information content (AvgIpc) is 3.20. The molecule has 1 aliphatic carbocycles. The maximum absolute atomic E-state index is 13.8. The molecule has 8 heteroatoms. The van der Waals surface area contributed by atoms with E-state index in [1.807, 2.05) is 0 Å². The molecule has 1 fully saturated rings. The molecule has 0 saturated heterocycles. The first-order chi connectivity index (χ1) is 11.5. The highest BCUT2D eigenvalue weighted by Crippen LogP contribution is 2.30. The Hall–Kier alpha value is -2.77. The van der Waals surface area contributed by atoms with Gasteiger partial charge >= 0.3 is 0 Å². The van der Waals surface area contributed by atoms with Crippen LogP contribution in [0, 0.1) is 17.6 Å². The molecular formula is C16H15F2N3O3. The number of amides is 2. The minimum absolute atomic E-state index is 0.229. The SMILES string of the molecule is O=C(CN(CC1CC1)C(=O)c1ccc(F)cc1F)Nc1ccon1. The van der Waals surface area contributed by atoms with Crippen molar-refractivity contribution >= 4 is 17.6 Å². The van der Waals surface area contributed by atoms with E-state index in [-0.39, 0.29) is 17.9 Å². The summed E-state index contributed by atoms with van der Waals surface area (Å²) < 4.78 is 31.5. The van der Waals surface area contributed by atoms with E-state index in [0.29, 0.717) is 18.5 Å². The summed E-state index contributed by atoms with van der Waals surface area (Å²) in [5, 5.41) is 6.04. The van der Waals surface area contributed by atoms with Crippen LogP contribution >= 0.6 is 0 Å². The molecule has 2 aromatic rings. The third-order valence-corrected chi connectivity index (χ3v) is 3.66. The Morgan fingerprint density at radius 2 is 2.08 bits per heavy atom. The minimum atomic E-state index is -0.947. The lowest BCUT2D eigenvalue weighted by atomic mass is 10.1. The standard InChI is InChI=1S/C16H15F2N3O3/c17-11-3-4-12(13(18)7-11)16(23)21(8-10-1-2-10)9-15(22)19-14-5-6-24-20-14/h3-7,10H,1-2,8-9H2,(H,19,20,22). The summed E-state index contributed by atoms with van der Waals surface area (Å²) in [6, 6.07) is 4.21. The van der Waals surface area contributed by atoms with Gasteiger partial charge in [-0.05, 0) is 30.9 Å². The van der Waals surface area contributed by atoms with Crippen LogP contribution in [0.5, 0.6) is 0 Å². The van der Waals surface area contributed by atoms with Crippen LogP contribution in [0.3, 0.4) is 0 Å². The molecule has 0 radical (unpaired) electrons. The molecule has 0 spiro atoms. The minimum Gasteiger partial charge on any atom is -0.363 e. The molecule has 0 bridgehead atoms. The molecular weight excluding hydrogens is 320 g/mol. The maximum Gasteiger partial charge on any atom is 0.257 e. The first-order valence-corrected chi connectivity index (χ1v) is 7.47. The summed E-state index contributed by atoms with van der Waals surface area (Å²) in [4.78, 5) is 25.9. The summed E-state index contributed by atoms with van der Waals surface area (Å²) in [5.41, 5.74) is -0.258. The van der Waals surface area contributed by atoms with Gasteiger partial charge in [0.15, 0.2) is 5.82 Å². The van der Waals surface area contributed by atoms with E-state index < -0.39 is 23.4 Å². The van der Waals surface area contributed by atoms with Crippen LogP contribution in [-0.2, 0) is 4.79 Å². The van der Waals surface area contributed by atoms with Gasteiger partial charge in [-0.25, -0.2) is 8.78 Å². The second-order valence-corrected chi connectivity index (χ2v) is 5.69. The Kier molecular flexibility index (Phi) is 4.54. The first kappa shape index (κ1) is 16.1. The zero-order valence-corrected chi connectivity index (χ0v) is 12.7. The number of nitrogens with zero attached hydrogens (tertiary/aromatic N) is 2. The fraction of sp³-hybridized carbons (Fsp3) is 0.312. The van der Waals surface area contributed by atoms with Gasteiger partial charge in [-0.1, -0.05) is 5.16 Å². The quantitative estimate of drug-likeness (QED) is 0.880. The van der Waals surface area contributed by atoms with Crippen molar-refractivity contribution in [1.29, 1.82) is 0 Å². The predicted molar refractivity (Wildman–Crippen MR) is 80.1 cm³/mol. The van der Waals surface area contributed by atoms with Crippen LogP contribution in [0.25, 0.3) is 0 Å². The van der Waals surface area contributed by atoms with Gasteiger partial charge in [-0.15, -0.1) is 0 Å². The first-order valence-electron chi connectivity index (χ1n) is 7.47. The van der Waals surface area contributed by atoms with Crippen LogP contribution in [0.4, 0.5) is 14.6 Å². The smallest absolute Gasteiger partial charge is 0.257 e. The number of halogens is 2. The summed E-state index contributed by atoms with van der Waals surface area (Å²) in [7, 11) is 0. The molecule has 0 atom stereocenters. The van der Waals surface area contributed by atoms with E-state index in [4.69, 9.17) is 0 Å². The van der Waals surface area contributed by atoms with Crippen LogP contribution in [0.1, 0.15) is 23.2 Å². The number of carbonyl (C=O) groups is 2. The van der Waals surface area contributed by atoms with Crippen molar-refractivity contribution < 1.29 is 22.9 Å². The molecule has 1 aliphatic rings. The molecule has 24 heavy (non-hydrogen) atoms. The fourth-order valence-corrected chi connectivity index (χ4v) is 2.30. The molecule has 2 amide bonds. The lowest BCUT2D eigenvalue weighted by Gasteiger charge is -2.22. The Labute approximate surface area is 136 Å². The van der Waals surface area contributed by atoms with Gasteiger partial charge in [-0.2, -0.15) is 0 Å². The number of hydrogen-bond donors (Lipinski definition) is 1. The molecule has 1 aromatic carbocycles. The van der Waals surface area contributed by atoms with E-state index in [1.54, 1.807) is 0 Å². The van der Waals surface area contributed by atoms with Gasteiger partial charge in [0.05, 0.1) is 5.56 Å². The van der Waals surface area contributed by atoms with Crippen molar-refractivity contribution in [3.8, 4) is 0 Å². The topological polar surface area (TPSA) is 75.4 Å². The monoisotopic (exact) mass is 335 g/mol. The molecule has 0 unspecified atom stereocenters. The van der Waals surface area contributed by atoms with E-state index in [2.05, 4.69) is 15.0 Å². The maximum atomic E-state index is 13.8. The lowest BCUT2D eigenvalue weighted by Crippen LogP contribution is -2.39. The molecule has 1 heterocycles. The predicted octanol–water partition coefficient (Wildman–Crippen LogP) is 2.44. The van der Waals surface area contributed by atoms with Gasteiger partial charge in [0.1, 0.15) is 24.4 Å². The largest absolute Gasteiger partial charge is 0.363 e. The molecule has 0 aliphatic heterocycles. The van der Waals surface area contributed by atoms with Gasteiger partial charge in [0.2, 0.25) is 5.91 Å². The second kappa shape index (κ2) is 6.77. The van der Waals surface area contributed by atoms with Crippen molar-refractivity contribution in [1.82, 2.24) is 10.1 Å². The van der Waals surface area contributed by atoms with Gasteiger partial charge in [0, 0.05) is 18.7 Å². The van der Waals surface area contributed by atoms with Crippen molar-refractivity contribution in [2.75, 3.05) is 18.4 Å². The van der Waals surface area contributed by atoms with Crippen molar-refractivity contribution in [3.63, 3.8) is 0 Å². The van der Waals surface area contributed by atoms with Crippen molar-refractivity contribution in [3.05, 3.63) is 47.7 Å². The highest BCUT2D eigenvalue weighted by atomic mass is 19.1. The summed E-state index contributed by atoms with van der Waals surface area (Å²) in [6.07, 6.45) is 3.22. The van der Waals surface area contributed by atoms with Crippen molar-refractivity contribution in [2.45, 2.75) is 12.8 Å². The Balaban J connectivity index is 1.72. The molecule has 126 valence electrons. The summed E-state index contributed by atoms with van der Waals surface area (Å²) >= 11 is 0. The highest BCUT2D eigenvalue weighted by Gasteiger charge is 2.29. The van der Waals surface area contributed by atoms with Gasteiger partial charge in [0.25, 0.3) is 5.91 Å². The van der Waals surface area contributed by atoms with Crippen molar-refractivity contribution in [2.24, 2.45) is 5.92 Å². The fourth-order valence-electron chi connectivity index (χ4n) is 2.30. The van der Waals surface area contributed by atoms with Crippen LogP contribution < -0.4 is 5.32 Å². The molecule has 1 N–H and O–H groups in total. The number of aromatic nitrogens is 1. The third-order valence-electron chi connectivity index (χ3n) is 3.66. The van der Waals surface area contributed by atoms with Crippen LogP contribution in [-0.4, -0.2) is 35.0 Å². The Bertz CT molecular complexity index is 745. The summed E-state index contributed by atoms with van der Waals surface area (Å²) in [5.74, 6) is -2.29. The van der Waals surface area contributed by atoms with E-state index in [1.165, 1.54) is 17.2 Å². The number of rotatable bonds is 6. The molecule has 6 nitrogen and oxygen atoms in total. The normalized spacial score (nSPS) is 13.6. The Morgan fingerprint density at radius 1 is 1.29 bits per heavy atom. The molecule has 1 saturated carbocycles. The number of anilines is 1. The zero-order chi connectivity index (χ0) is 17.1. The molecule has 1 aromatic heterocycles. The number of hydrogen-bond acceptors (Lipinski definition) is 4. The van der Waals surface area contributed by atoms with Crippen LogP contribution in [0.15, 0.2) is 35.1 Å². The Morgan fingerprint density at radius 3 is 2.71 bits per heavy atom. The van der Waals surface area contributed by atoms with E-state index >= 15 is 0 Å². The zero-order valence-electron chi connectivity index (χ0n) is 12.7. The van der Waals surface area contributed by atoms with Crippen LogP contribution in [0.2, 0.25) is 0 Å². The number of carbonyl (C=O) groups excluding carboxylic acids is 2. The average molecular weight is 335 g/mol. The van der Waals surface area contributed by atoms with E-state index in [9.17, 15) is 18.4 Å². The van der Waals surface area contributed by atoms with Gasteiger partial charge in [-0.3, -0.25) is 9.59 Å². The third kappa shape index (κ3) is 3.95. The van der Waals surface area contributed by atoms with Gasteiger partial charge < -0.3 is 14.7 Å². The second-order valence-electron chi connectivity index (χ2n) is 5.69. The molecule has 3 rings (SSSR count). The lowest BCUT2D eigenvalue weighted by molar-refractivity contribution is -0.117. The number of benzene rings is 1. The summed E-state index contributed by atoms with van der Waals surface area (Å²) in [6.45, 7) is 0.0981. The number of nitrogens with one attached hydrogen (secondary N) is 1. The van der Waals surface area contributed by atoms with E-state index in [0.717, 1.165) is 25.0 Å². The highest BCUT2D eigenvalue weighted by molar-refractivity contribution is 5.99.